The van der Waals surface area contributed by atoms with Crippen molar-refractivity contribution in [3.8, 4) is 0 Å². The molecule has 1 N–H and O–H groups in total. The molecule has 0 saturated heterocycles. The van der Waals surface area contributed by atoms with Crippen molar-refractivity contribution in [3.63, 3.8) is 0 Å². The van der Waals surface area contributed by atoms with Crippen molar-refractivity contribution < 1.29 is 9.47 Å². The molecule has 0 aliphatic carbocycles. The second-order valence-corrected chi connectivity index (χ2v) is 5.45. The highest BCUT2D eigenvalue weighted by molar-refractivity contribution is 4.64. The van der Waals surface area contributed by atoms with E-state index < -0.39 is 0 Å². The minimum atomic E-state index is 0.725. The minimum absolute atomic E-state index is 0.725. The minimum Gasteiger partial charge on any atom is -0.383 e. The van der Waals surface area contributed by atoms with Crippen LogP contribution in [0.3, 0.4) is 0 Å². The van der Waals surface area contributed by atoms with Crippen LogP contribution in [0.2, 0.25) is 0 Å². The predicted molar refractivity (Wildman–Crippen MR) is 78.0 cm³/mol. The van der Waals surface area contributed by atoms with Crippen LogP contribution in [0.1, 0.15) is 46.5 Å². The van der Waals surface area contributed by atoms with E-state index in [1.165, 1.54) is 25.7 Å². The number of rotatable bonds is 13. The van der Waals surface area contributed by atoms with Gasteiger partial charge in [0.25, 0.3) is 0 Å². The van der Waals surface area contributed by atoms with Crippen LogP contribution in [0.15, 0.2) is 0 Å². The highest BCUT2D eigenvalue weighted by Crippen LogP contribution is 2.14. The quantitative estimate of drug-likeness (QED) is 0.516. The Kier molecular flexibility index (Phi) is 13.2. The Morgan fingerprint density at radius 3 is 2.50 bits per heavy atom. The van der Waals surface area contributed by atoms with Gasteiger partial charge in [-0.2, -0.15) is 0 Å². The average Bonchev–Trinajstić information content (AvgIpc) is 2.33. The molecule has 0 amide bonds. The lowest BCUT2D eigenvalue weighted by Crippen LogP contribution is -2.27. The molecule has 0 spiro atoms. The summed E-state index contributed by atoms with van der Waals surface area (Å²) in [6.07, 6.45) is 4.84. The molecule has 0 bridgehead atoms. The van der Waals surface area contributed by atoms with Crippen molar-refractivity contribution in [1.82, 2.24) is 5.32 Å². The van der Waals surface area contributed by atoms with Crippen LogP contribution in [0, 0.1) is 11.8 Å². The number of hydrogen-bond acceptors (Lipinski definition) is 3. The second-order valence-electron chi connectivity index (χ2n) is 5.45. The Balaban J connectivity index is 3.63. The van der Waals surface area contributed by atoms with E-state index in [1.54, 1.807) is 7.11 Å². The molecular weight excluding hydrogens is 226 g/mol. The molecule has 0 aromatic carbocycles. The van der Waals surface area contributed by atoms with Crippen LogP contribution < -0.4 is 5.32 Å². The van der Waals surface area contributed by atoms with Gasteiger partial charge in [0.05, 0.1) is 6.61 Å². The molecule has 0 aliphatic rings. The summed E-state index contributed by atoms with van der Waals surface area (Å²) in [6.45, 7) is 11.4. The molecule has 0 aliphatic heterocycles. The lowest BCUT2D eigenvalue weighted by atomic mass is 9.94. The molecule has 3 nitrogen and oxygen atoms in total. The van der Waals surface area contributed by atoms with E-state index in [2.05, 4.69) is 26.1 Å². The summed E-state index contributed by atoms with van der Waals surface area (Å²) < 4.78 is 10.7. The lowest BCUT2D eigenvalue weighted by Gasteiger charge is -2.19. The maximum atomic E-state index is 5.66. The fourth-order valence-electron chi connectivity index (χ4n) is 2.05. The van der Waals surface area contributed by atoms with Gasteiger partial charge in [-0.1, -0.05) is 27.2 Å². The maximum Gasteiger partial charge on any atom is 0.0587 e. The fraction of sp³-hybridized carbons (Fsp3) is 1.00. The molecule has 0 saturated carbocycles. The highest BCUT2D eigenvalue weighted by Gasteiger charge is 2.10. The third-order valence-corrected chi connectivity index (χ3v) is 3.03. The topological polar surface area (TPSA) is 30.5 Å². The van der Waals surface area contributed by atoms with Gasteiger partial charge in [0.15, 0.2) is 0 Å². The molecule has 0 heterocycles. The Labute approximate surface area is 114 Å². The molecule has 0 aromatic heterocycles. The monoisotopic (exact) mass is 259 g/mol. The van der Waals surface area contributed by atoms with Crippen LogP contribution in [-0.2, 0) is 9.47 Å². The first-order valence-corrected chi connectivity index (χ1v) is 7.48. The molecular formula is C15H33NO2. The predicted octanol–water partition coefficient (Wildman–Crippen LogP) is 3.09. The van der Waals surface area contributed by atoms with E-state index in [4.69, 9.17) is 9.47 Å². The normalized spacial score (nSPS) is 13.2. The Hall–Kier alpha value is -0.120. The van der Waals surface area contributed by atoms with Crippen LogP contribution >= 0.6 is 0 Å². The van der Waals surface area contributed by atoms with Gasteiger partial charge in [0, 0.05) is 26.9 Å². The van der Waals surface area contributed by atoms with E-state index in [-0.39, 0.29) is 0 Å². The second kappa shape index (κ2) is 13.3. The Bertz CT molecular complexity index is 163. The first-order chi connectivity index (χ1) is 8.70. The zero-order chi connectivity index (χ0) is 13.6. The molecule has 0 radical (unpaired) electrons. The van der Waals surface area contributed by atoms with Crippen LogP contribution in [-0.4, -0.2) is 40.0 Å². The van der Waals surface area contributed by atoms with E-state index in [1.807, 2.05) is 0 Å². The summed E-state index contributed by atoms with van der Waals surface area (Å²) in [5.74, 6) is 1.48. The first kappa shape index (κ1) is 17.9. The standard InChI is InChI=1S/C15H33NO2/c1-5-6-9-18-10-7-15(12-14(2)3)13-16-8-11-17-4/h14-16H,5-13H2,1-4H3. The number of ether oxygens (including phenoxy) is 2. The van der Waals surface area contributed by atoms with E-state index >= 15 is 0 Å². The number of unbranched alkanes of at least 4 members (excludes halogenated alkanes) is 1. The van der Waals surface area contributed by atoms with Crippen molar-refractivity contribution in [1.29, 1.82) is 0 Å². The lowest BCUT2D eigenvalue weighted by molar-refractivity contribution is 0.113. The fourth-order valence-corrected chi connectivity index (χ4v) is 2.05. The largest absolute Gasteiger partial charge is 0.383 e. The molecule has 3 heteroatoms. The van der Waals surface area contributed by atoms with Gasteiger partial charge in [0.2, 0.25) is 0 Å². The van der Waals surface area contributed by atoms with Crippen LogP contribution in [0.4, 0.5) is 0 Å². The summed E-state index contributed by atoms with van der Waals surface area (Å²) in [4.78, 5) is 0. The van der Waals surface area contributed by atoms with E-state index in [0.717, 1.165) is 44.7 Å². The van der Waals surface area contributed by atoms with Gasteiger partial charge in [-0.3, -0.25) is 0 Å². The Morgan fingerprint density at radius 1 is 1.11 bits per heavy atom. The molecule has 110 valence electrons. The molecule has 1 unspecified atom stereocenters. The van der Waals surface area contributed by atoms with Crippen molar-refractivity contribution >= 4 is 0 Å². The molecule has 0 rings (SSSR count). The number of nitrogens with one attached hydrogen (secondary N) is 1. The average molecular weight is 259 g/mol. The molecule has 0 fully saturated rings. The number of hydrogen-bond donors (Lipinski definition) is 1. The zero-order valence-electron chi connectivity index (χ0n) is 12.8. The zero-order valence-corrected chi connectivity index (χ0v) is 12.8. The SMILES string of the molecule is CCCCOCCC(CNCCOC)CC(C)C. The van der Waals surface area contributed by atoms with Gasteiger partial charge in [-0.05, 0) is 37.6 Å². The maximum absolute atomic E-state index is 5.66. The van der Waals surface area contributed by atoms with Gasteiger partial charge in [-0.25, -0.2) is 0 Å². The summed E-state index contributed by atoms with van der Waals surface area (Å²) >= 11 is 0. The van der Waals surface area contributed by atoms with Gasteiger partial charge < -0.3 is 14.8 Å². The van der Waals surface area contributed by atoms with Crippen molar-refractivity contribution in [2.45, 2.75) is 46.5 Å². The third-order valence-electron chi connectivity index (χ3n) is 3.03. The summed E-state index contributed by atoms with van der Waals surface area (Å²) in [5.41, 5.74) is 0. The van der Waals surface area contributed by atoms with Gasteiger partial charge in [0.1, 0.15) is 0 Å². The Morgan fingerprint density at radius 2 is 1.89 bits per heavy atom. The summed E-state index contributed by atoms with van der Waals surface area (Å²) in [7, 11) is 1.74. The smallest absolute Gasteiger partial charge is 0.0587 e. The van der Waals surface area contributed by atoms with E-state index in [9.17, 15) is 0 Å². The molecule has 1 atom stereocenters. The summed E-state index contributed by atoms with van der Waals surface area (Å²) in [6, 6.07) is 0. The molecule has 0 aromatic rings. The third kappa shape index (κ3) is 12.3. The van der Waals surface area contributed by atoms with E-state index in [0.29, 0.717) is 0 Å². The van der Waals surface area contributed by atoms with Crippen molar-refractivity contribution in [3.05, 3.63) is 0 Å². The molecule has 18 heavy (non-hydrogen) atoms. The van der Waals surface area contributed by atoms with Gasteiger partial charge in [-0.15, -0.1) is 0 Å². The van der Waals surface area contributed by atoms with Crippen LogP contribution in [0.5, 0.6) is 0 Å². The van der Waals surface area contributed by atoms with Crippen molar-refractivity contribution in [2.75, 3.05) is 40.0 Å². The number of methoxy groups -OCH3 is 1. The first-order valence-electron chi connectivity index (χ1n) is 7.48. The van der Waals surface area contributed by atoms with Crippen molar-refractivity contribution in [2.24, 2.45) is 11.8 Å². The summed E-state index contributed by atoms with van der Waals surface area (Å²) in [5, 5.41) is 3.46. The highest BCUT2D eigenvalue weighted by atomic mass is 16.5. The van der Waals surface area contributed by atoms with Gasteiger partial charge >= 0.3 is 0 Å². The van der Waals surface area contributed by atoms with Crippen LogP contribution in [0.25, 0.3) is 0 Å².